The van der Waals surface area contributed by atoms with Crippen molar-refractivity contribution in [2.45, 2.75) is 94.4 Å². The van der Waals surface area contributed by atoms with Crippen molar-refractivity contribution in [2.24, 2.45) is 0 Å². The molecule has 1 spiro atoms. The minimum Gasteiger partial charge on any atom is -0.504 e. The average molecular weight is 827 g/mol. The summed E-state index contributed by atoms with van der Waals surface area (Å²) in [5.41, 5.74) is 4.23. The lowest BCUT2D eigenvalue weighted by Crippen LogP contribution is -2.69. The van der Waals surface area contributed by atoms with Crippen LogP contribution in [0.4, 0.5) is 0 Å². The molecule has 0 aliphatic carbocycles. The first-order valence-electron chi connectivity index (χ1n) is 19.9. The number of phenols is 1. The molecule has 7 atom stereocenters. The lowest BCUT2D eigenvalue weighted by molar-refractivity contribution is -0.155. The van der Waals surface area contributed by atoms with Gasteiger partial charge in [-0.05, 0) is 67.5 Å². The Labute approximate surface area is 345 Å². The SMILES string of the molecule is CCCC(=O)Oc1cc2c(cc1OC)[C@@]1(CS[C@@H]3c4c(OC(C)=O)c(C)c5c(c4[C@H](COC1=O)N1C3[C@H]3N[C@@H](Cc4cc(C)c(OC)c(O)c43)[C@@H]1C#N)OCO5)NCC2. The monoisotopic (exact) mass is 826 g/mol. The number of aromatic hydroxyl groups is 1. The second kappa shape index (κ2) is 14.8. The molecule has 0 saturated carbocycles. The molecule has 2 saturated heterocycles. The van der Waals surface area contributed by atoms with E-state index in [2.05, 4.69) is 21.6 Å². The fourth-order valence-corrected chi connectivity index (χ4v) is 11.9. The van der Waals surface area contributed by atoms with E-state index >= 15 is 0 Å². The first-order valence-corrected chi connectivity index (χ1v) is 20.9. The number of rotatable bonds is 6. The number of benzene rings is 3. The van der Waals surface area contributed by atoms with Crippen LogP contribution in [0.3, 0.4) is 0 Å². The maximum atomic E-state index is 14.9. The molecule has 0 amide bonds. The second-order valence-corrected chi connectivity index (χ2v) is 17.0. The summed E-state index contributed by atoms with van der Waals surface area (Å²) in [4.78, 5) is 42.7. The van der Waals surface area contributed by atoms with Crippen molar-refractivity contribution in [3.05, 3.63) is 62.7 Å². The molecule has 7 aliphatic heterocycles. The Morgan fingerprint density at radius 2 is 1.83 bits per heavy atom. The summed E-state index contributed by atoms with van der Waals surface area (Å²) < 4.78 is 42.1. The number of nitriles is 1. The third kappa shape index (κ3) is 5.91. The predicted octanol–water partition coefficient (Wildman–Crippen LogP) is 4.64. The van der Waals surface area contributed by atoms with Crippen LogP contribution >= 0.6 is 11.8 Å². The Morgan fingerprint density at radius 1 is 1.03 bits per heavy atom. The summed E-state index contributed by atoms with van der Waals surface area (Å²) in [5, 5.41) is 29.7. The number of thioether (sulfide) groups is 1. The highest BCUT2D eigenvalue weighted by atomic mass is 32.2. The van der Waals surface area contributed by atoms with E-state index in [1.165, 1.54) is 32.9 Å². The molecule has 4 bridgehead atoms. The zero-order valence-electron chi connectivity index (χ0n) is 33.7. The van der Waals surface area contributed by atoms with Crippen LogP contribution in [0.2, 0.25) is 0 Å². The van der Waals surface area contributed by atoms with Gasteiger partial charge in [0.2, 0.25) is 6.79 Å². The van der Waals surface area contributed by atoms with Crippen LogP contribution in [0, 0.1) is 25.2 Å². The van der Waals surface area contributed by atoms with Crippen molar-refractivity contribution in [1.82, 2.24) is 15.5 Å². The van der Waals surface area contributed by atoms with Crippen LogP contribution < -0.4 is 39.1 Å². The van der Waals surface area contributed by atoms with Crippen LogP contribution in [0.25, 0.3) is 0 Å². The van der Waals surface area contributed by atoms with Crippen molar-refractivity contribution in [3.63, 3.8) is 0 Å². The number of aryl methyl sites for hydroxylation is 1. The minimum atomic E-state index is -1.40. The van der Waals surface area contributed by atoms with Gasteiger partial charge >= 0.3 is 17.9 Å². The number of carbonyl (C=O) groups is 3. The van der Waals surface area contributed by atoms with Crippen molar-refractivity contribution in [3.8, 4) is 46.3 Å². The summed E-state index contributed by atoms with van der Waals surface area (Å²) in [5.74, 6) is 0.805. The number of carbonyl (C=O) groups excluding carboxylic acids is 3. The molecule has 0 aromatic heterocycles. The van der Waals surface area contributed by atoms with E-state index < -0.39 is 46.9 Å². The second-order valence-electron chi connectivity index (χ2n) is 15.9. The number of nitrogens with one attached hydrogen (secondary N) is 2. The minimum absolute atomic E-state index is 0.0161. The van der Waals surface area contributed by atoms with Gasteiger partial charge in [-0.3, -0.25) is 19.8 Å². The van der Waals surface area contributed by atoms with E-state index in [4.69, 9.17) is 33.2 Å². The molecular weight excluding hydrogens is 781 g/mol. The maximum Gasteiger partial charge on any atom is 0.331 e. The van der Waals surface area contributed by atoms with E-state index in [0.29, 0.717) is 82.4 Å². The quantitative estimate of drug-likeness (QED) is 0.230. The van der Waals surface area contributed by atoms with Gasteiger partial charge < -0.3 is 43.6 Å². The molecule has 310 valence electrons. The van der Waals surface area contributed by atoms with Gasteiger partial charge in [-0.2, -0.15) is 5.26 Å². The third-order valence-electron chi connectivity index (χ3n) is 12.6. The van der Waals surface area contributed by atoms with E-state index in [1.54, 1.807) is 12.1 Å². The van der Waals surface area contributed by atoms with Gasteiger partial charge in [-0.25, -0.2) is 4.79 Å². The number of methoxy groups -OCH3 is 2. The van der Waals surface area contributed by atoms with Crippen LogP contribution in [-0.2, 0) is 37.5 Å². The maximum absolute atomic E-state index is 14.9. The smallest absolute Gasteiger partial charge is 0.331 e. The summed E-state index contributed by atoms with van der Waals surface area (Å²) >= 11 is 1.46. The molecule has 7 aliphatic rings. The fraction of sp³-hybridized carbons (Fsp3) is 0.488. The van der Waals surface area contributed by atoms with Gasteiger partial charge in [0.25, 0.3) is 0 Å². The molecule has 7 heterocycles. The highest BCUT2D eigenvalue weighted by Gasteiger charge is 2.60. The largest absolute Gasteiger partial charge is 0.504 e. The number of piperazine rings is 1. The number of hydrogen-bond donors (Lipinski definition) is 3. The highest BCUT2D eigenvalue weighted by molar-refractivity contribution is 7.99. The Kier molecular flexibility index (Phi) is 9.85. The summed E-state index contributed by atoms with van der Waals surface area (Å²) in [6.45, 7) is 7.09. The lowest BCUT2D eigenvalue weighted by Gasteiger charge is -2.59. The van der Waals surface area contributed by atoms with Gasteiger partial charge in [0, 0.05) is 60.0 Å². The summed E-state index contributed by atoms with van der Waals surface area (Å²) in [7, 11) is 3.01. The zero-order valence-corrected chi connectivity index (χ0v) is 34.5. The molecule has 3 aromatic rings. The average Bonchev–Trinajstić information content (AvgIpc) is 3.70. The van der Waals surface area contributed by atoms with Gasteiger partial charge in [0.15, 0.2) is 40.0 Å². The zero-order chi connectivity index (χ0) is 41.5. The third-order valence-corrected chi connectivity index (χ3v) is 14.1. The number of esters is 3. The van der Waals surface area contributed by atoms with Gasteiger partial charge in [-0.15, -0.1) is 11.8 Å². The molecule has 3 aromatic carbocycles. The fourth-order valence-electron chi connectivity index (χ4n) is 10.2. The van der Waals surface area contributed by atoms with Crippen LogP contribution in [0.5, 0.6) is 40.2 Å². The summed E-state index contributed by atoms with van der Waals surface area (Å²) in [6, 6.07) is 5.16. The Bertz CT molecular complexity index is 2350. The predicted molar refractivity (Wildman–Crippen MR) is 212 cm³/mol. The van der Waals surface area contributed by atoms with E-state index in [-0.39, 0.29) is 49.1 Å². The first-order chi connectivity index (χ1) is 28.5. The molecule has 0 radical (unpaired) electrons. The summed E-state index contributed by atoms with van der Waals surface area (Å²) in [6.07, 6.45) is 1.85. The van der Waals surface area contributed by atoms with Crippen molar-refractivity contribution < 1.29 is 52.6 Å². The molecule has 59 heavy (non-hydrogen) atoms. The highest BCUT2D eigenvalue weighted by Crippen LogP contribution is 2.63. The van der Waals surface area contributed by atoms with Gasteiger partial charge in [-0.1, -0.05) is 13.0 Å². The topological polar surface area (TPSA) is 187 Å². The number of nitrogens with zero attached hydrogens (tertiary/aromatic N) is 2. The molecule has 1 unspecified atom stereocenters. The van der Waals surface area contributed by atoms with Gasteiger partial charge in [0.1, 0.15) is 18.4 Å². The number of fused-ring (bicyclic) bond motifs is 9. The van der Waals surface area contributed by atoms with Crippen LogP contribution in [0.1, 0.15) is 88.5 Å². The lowest BCUT2D eigenvalue weighted by atomic mass is 9.72. The van der Waals surface area contributed by atoms with E-state index in [0.717, 1.165) is 16.7 Å². The Morgan fingerprint density at radius 3 is 2.56 bits per heavy atom. The van der Waals surface area contributed by atoms with Crippen LogP contribution in [0.15, 0.2) is 18.2 Å². The molecule has 2 fully saturated rings. The standard InChI is InChI=1S/C43H46N4O11S/c1-7-8-30(49)58-29-13-22-9-10-45-43(24(22)14-28(29)52-5)17-59-41-33-32(40-39(55-18-56-40)20(3)38(33)57-21(4)48)27(16-54-42(43)51)47-26(15-44)25-12-23-11-19(2)37(53-6)36(50)31(23)34(46-25)35(41)47/h11,13-14,25-27,34-35,41,45-46,50H,7-10,12,16-18H2,1-6H3/t25-,26-,27-,34-,35?,41+,43+/m0/s1. The van der Waals surface area contributed by atoms with E-state index in [1.807, 2.05) is 26.8 Å². The molecule has 16 heteroatoms. The normalized spacial score (nSPS) is 27.3. The van der Waals surface area contributed by atoms with Crippen LogP contribution in [-0.4, -0.2) is 86.0 Å². The number of phenolic OH excluding ortho intramolecular Hbond substituents is 1. The van der Waals surface area contributed by atoms with E-state index in [9.17, 15) is 24.8 Å². The van der Waals surface area contributed by atoms with Crippen molar-refractivity contribution >= 4 is 29.7 Å². The molecule has 3 N–H and O–H groups in total. The molecular formula is C43H46N4O11S. The number of hydrogen-bond acceptors (Lipinski definition) is 16. The van der Waals surface area contributed by atoms with Crippen molar-refractivity contribution in [1.29, 1.82) is 5.26 Å². The Hall–Kier alpha value is -5.21. The van der Waals surface area contributed by atoms with Gasteiger partial charge in [0.05, 0.1) is 37.6 Å². The first kappa shape index (κ1) is 39.3. The Balaban J connectivity index is 1.27. The molecule has 10 rings (SSSR count). The van der Waals surface area contributed by atoms with Crippen molar-refractivity contribution in [2.75, 3.05) is 39.9 Å². The number of ether oxygens (including phenoxy) is 7. The molecule has 15 nitrogen and oxygen atoms in total.